The van der Waals surface area contributed by atoms with E-state index in [1.165, 1.54) is 11.9 Å². The number of carbonyl (C=O) groups excluding carboxylic acids is 3. The first-order valence-corrected chi connectivity index (χ1v) is 7.14. The molecule has 112 valence electrons. The van der Waals surface area contributed by atoms with Crippen LogP contribution in [0.5, 0.6) is 0 Å². The van der Waals surface area contributed by atoms with Gasteiger partial charge in [0.2, 0.25) is 5.91 Å². The van der Waals surface area contributed by atoms with Gasteiger partial charge in [-0.15, -0.1) is 0 Å². The monoisotopic (exact) mass is 298 g/mol. The fourth-order valence-electron chi connectivity index (χ4n) is 2.80. The molecule has 0 bridgehead atoms. The lowest BCUT2D eigenvalue weighted by atomic mass is 10.1. The first kappa shape index (κ1) is 13.0. The summed E-state index contributed by atoms with van der Waals surface area (Å²) in [4.78, 5) is 41.8. The molecule has 0 aromatic carbocycles. The highest BCUT2D eigenvalue weighted by Crippen LogP contribution is 2.42. The van der Waals surface area contributed by atoms with Gasteiger partial charge in [0.1, 0.15) is 12.2 Å². The third-order valence-corrected chi connectivity index (χ3v) is 4.22. The minimum absolute atomic E-state index is 0.00238. The average molecular weight is 298 g/mol. The molecule has 2 fully saturated rings. The lowest BCUT2D eigenvalue weighted by Crippen LogP contribution is -2.30. The van der Waals surface area contributed by atoms with Gasteiger partial charge >= 0.3 is 6.03 Å². The van der Waals surface area contributed by atoms with E-state index in [-0.39, 0.29) is 18.5 Å². The van der Waals surface area contributed by atoms with Gasteiger partial charge in [-0.25, -0.2) is 9.78 Å². The molecule has 7 nitrogen and oxygen atoms in total. The van der Waals surface area contributed by atoms with E-state index in [0.717, 1.165) is 23.3 Å². The van der Waals surface area contributed by atoms with Gasteiger partial charge in [0.05, 0.1) is 5.69 Å². The molecule has 0 radical (unpaired) electrons. The van der Waals surface area contributed by atoms with Crippen molar-refractivity contribution < 1.29 is 14.4 Å². The molecule has 0 spiro atoms. The molecule has 1 saturated heterocycles. The van der Waals surface area contributed by atoms with Crippen molar-refractivity contribution in [1.82, 2.24) is 14.3 Å². The zero-order valence-corrected chi connectivity index (χ0v) is 12.0. The molecule has 22 heavy (non-hydrogen) atoms. The Morgan fingerprint density at radius 3 is 2.64 bits per heavy atom. The summed E-state index contributed by atoms with van der Waals surface area (Å²) in [5.41, 5.74) is 2.51. The van der Waals surface area contributed by atoms with E-state index >= 15 is 0 Å². The summed E-state index contributed by atoms with van der Waals surface area (Å²) in [6.07, 6.45) is 6.50. The van der Waals surface area contributed by atoms with Gasteiger partial charge in [-0.05, 0) is 30.4 Å². The molecule has 4 rings (SSSR count). The molecule has 3 amide bonds. The standard InChI is InChI=1S/C15H14N4O3/c1-17-13(21)7-19(15(17)22)12-4-10(9-2-3-9)5-18-6-11(8-20)16-14(12)18/h4-6,8-9H,2-3,7H2,1H3. The topological polar surface area (TPSA) is 75.0 Å². The smallest absolute Gasteiger partial charge is 0.304 e. The van der Waals surface area contributed by atoms with E-state index < -0.39 is 0 Å². The number of pyridine rings is 1. The largest absolute Gasteiger partial charge is 0.331 e. The molecule has 7 heteroatoms. The van der Waals surface area contributed by atoms with Crippen LogP contribution in [-0.4, -0.2) is 46.1 Å². The highest BCUT2D eigenvalue weighted by Gasteiger charge is 2.36. The fourth-order valence-corrected chi connectivity index (χ4v) is 2.80. The third-order valence-electron chi connectivity index (χ3n) is 4.22. The van der Waals surface area contributed by atoms with E-state index in [1.54, 1.807) is 10.6 Å². The van der Waals surface area contributed by atoms with Crippen LogP contribution in [0, 0.1) is 0 Å². The highest BCUT2D eigenvalue weighted by atomic mass is 16.2. The van der Waals surface area contributed by atoms with E-state index in [9.17, 15) is 14.4 Å². The van der Waals surface area contributed by atoms with Crippen LogP contribution in [0.4, 0.5) is 10.5 Å². The number of amides is 3. The van der Waals surface area contributed by atoms with Gasteiger partial charge in [-0.1, -0.05) is 0 Å². The third kappa shape index (κ3) is 1.82. The first-order valence-electron chi connectivity index (χ1n) is 7.14. The second-order valence-electron chi connectivity index (χ2n) is 5.77. The summed E-state index contributed by atoms with van der Waals surface area (Å²) in [6, 6.07) is 1.55. The molecular formula is C15H14N4O3. The predicted molar refractivity (Wildman–Crippen MR) is 78.1 cm³/mol. The number of carbonyl (C=O) groups is 3. The van der Waals surface area contributed by atoms with Crippen molar-refractivity contribution in [2.75, 3.05) is 18.5 Å². The molecule has 2 aliphatic rings. The Labute approximate surface area is 126 Å². The van der Waals surface area contributed by atoms with E-state index in [0.29, 0.717) is 29.2 Å². The minimum Gasteiger partial charge on any atom is -0.304 e. The predicted octanol–water partition coefficient (Wildman–Crippen LogP) is 1.42. The first-order chi connectivity index (χ1) is 10.6. The van der Waals surface area contributed by atoms with E-state index in [1.807, 2.05) is 12.3 Å². The molecule has 1 aliphatic heterocycles. The van der Waals surface area contributed by atoms with Gasteiger partial charge in [0, 0.05) is 19.4 Å². The SMILES string of the molecule is CN1C(=O)CN(c2cc(C3CC3)cn3cc(C=O)nc23)C1=O. The molecule has 0 N–H and O–H groups in total. The average Bonchev–Trinajstić information content (AvgIpc) is 3.23. The fraction of sp³-hybridized carbons (Fsp3) is 0.333. The second kappa shape index (κ2) is 4.40. The Morgan fingerprint density at radius 2 is 2.05 bits per heavy atom. The zero-order chi connectivity index (χ0) is 15.4. The Kier molecular flexibility index (Phi) is 2.60. The van der Waals surface area contributed by atoms with Crippen LogP contribution in [0.15, 0.2) is 18.5 Å². The Balaban J connectivity index is 1.91. The minimum atomic E-state index is -0.365. The number of rotatable bonds is 3. The van der Waals surface area contributed by atoms with Crippen molar-refractivity contribution in [3.8, 4) is 0 Å². The van der Waals surface area contributed by atoms with E-state index in [4.69, 9.17) is 0 Å². The van der Waals surface area contributed by atoms with Gasteiger partial charge in [0.25, 0.3) is 0 Å². The maximum absolute atomic E-state index is 12.3. The number of imidazole rings is 1. The normalized spacial score (nSPS) is 18.6. The maximum atomic E-state index is 12.3. The summed E-state index contributed by atoms with van der Waals surface area (Å²) >= 11 is 0. The number of likely N-dealkylation sites (N-methyl/N-ethyl adjacent to an activating group) is 1. The van der Waals surface area contributed by atoms with Crippen LogP contribution in [0.25, 0.3) is 5.65 Å². The number of hydrogen-bond acceptors (Lipinski definition) is 4. The van der Waals surface area contributed by atoms with Crippen LogP contribution >= 0.6 is 0 Å². The molecule has 0 atom stereocenters. The lowest BCUT2D eigenvalue weighted by molar-refractivity contribution is -0.123. The van der Waals surface area contributed by atoms with Crippen molar-refractivity contribution in [3.05, 3.63) is 29.7 Å². The van der Waals surface area contributed by atoms with E-state index in [2.05, 4.69) is 4.98 Å². The van der Waals surface area contributed by atoms with Crippen LogP contribution in [0.2, 0.25) is 0 Å². The molecule has 2 aromatic heterocycles. The van der Waals surface area contributed by atoms with Crippen molar-refractivity contribution in [3.63, 3.8) is 0 Å². The summed E-state index contributed by atoms with van der Waals surface area (Å²) in [5.74, 6) is 0.235. The van der Waals surface area contributed by atoms with Crippen LogP contribution < -0.4 is 4.90 Å². The van der Waals surface area contributed by atoms with Gasteiger partial charge in [-0.3, -0.25) is 19.4 Å². The van der Waals surface area contributed by atoms with Crippen molar-refractivity contribution in [2.24, 2.45) is 0 Å². The molecule has 2 aromatic rings. The summed E-state index contributed by atoms with van der Waals surface area (Å²) in [5, 5.41) is 0. The van der Waals surface area contributed by atoms with Crippen LogP contribution in [0.1, 0.15) is 34.8 Å². The number of aromatic nitrogens is 2. The number of hydrogen-bond donors (Lipinski definition) is 0. The van der Waals surface area contributed by atoms with Gasteiger partial charge < -0.3 is 4.40 Å². The maximum Gasteiger partial charge on any atom is 0.331 e. The summed E-state index contributed by atoms with van der Waals surface area (Å²) in [7, 11) is 1.47. The van der Waals surface area contributed by atoms with Crippen LogP contribution in [-0.2, 0) is 4.79 Å². The quantitative estimate of drug-likeness (QED) is 0.634. The van der Waals surface area contributed by atoms with Gasteiger partial charge in [-0.2, -0.15) is 0 Å². The van der Waals surface area contributed by atoms with Crippen LogP contribution in [0.3, 0.4) is 0 Å². The zero-order valence-electron chi connectivity index (χ0n) is 12.0. The molecular weight excluding hydrogens is 284 g/mol. The number of nitrogens with zero attached hydrogens (tertiary/aromatic N) is 4. The van der Waals surface area contributed by atoms with Gasteiger partial charge in [0.15, 0.2) is 11.9 Å². The number of urea groups is 1. The number of fused-ring (bicyclic) bond motifs is 1. The number of anilines is 1. The Morgan fingerprint density at radius 1 is 1.27 bits per heavy atom. The summed E-state index contributed by atoms with van der Waals surface area (Å²) in [6.45, 7) is 0.00238. The highest BCUT2D eigenvalue weighted by molar-refractivity contribution is 6.13. The van der Waals surface area contributed by atoms with Crippen molar-refractivity contribution >= 4 is 29.6 Å². The Bertz CT molecular complexity index is 822. The summed E-state index contributed by atoms with van der Waals surface area (Å²) < 4.78 is 1.77. The molecule has 1 aliphatic carbocycles. The molecule has 0 unspecified atom stereocenters. The second-order valence-corrected chi connectivity index (χ2v) is 5.77. The Hall–Kier alpha value is -2.70. The lowest BCUT2D eigenvalue weighted by Gasteiger charge is -2.17. The number of imide groups is 1. The van der Waals surface area contributed by atoms with Crippen molar-refractivity contribution in [1.29, 1.82) is 0 Å². The number of aldehydes is 1. The molecule has 1 saturated carbocycles. The molecule has 3 heterocycles. The van der Waals surface area contributed by atoms with Crippen molar-refractivity contribution in [2.45, 2.75) is 18.8 Å².